The molecule has 0 saturated carbocycles. The number of rotatable bonds is 9. The van der Waals surface area contributed by atoms with Gasteiger partial charge in [-0.2, -0.15) is 13.2 Å². The molecule has 0 aliphatic rings. The monoisotopic (exact) mass is 465 g/mol. The number of amides is 1. The van der Waals surface area contributed by atoms with Crippen LogP contribution < -0.4 is 0 Å². The molecular formula is C23H22F3NO4S. The third-order valence-corrected chi connectivity index (χ3v) is 5.25. The van der Waals surface area contributed by atoms with Crippen LogP contribution in [0, 0.1) is 0 Å². The van der Waals surface area contributed by atoms with E-state index in [1.165, 1.54) is 30.0 Å². The van der Waals surface area contributed by atoms with Crippen LogP contribution in [0.1, 0.15) is 30.0 Å². The van der Waals surface area contributed by atoms with Crippen molar-refractivity contribution in [2.24, 2.45) is 0 Å². The third-order valence-electron chi connectivity index (χ3n) is 4.38. The normalized spacial score (nSPS) is 11.8. The van der Waals surface area contributed by atoms with E-state index in [2.05, 4.69) is 0 Å². The Hall–Kier alpha value is -3.07. The van der Waals surface area contributed by atoms with Gasteiger partial charge in [0.05, 0.1) is 12.0 Å². The van der Waals surface area contributed by atoms with Crippen molar-refractivity contribution in [2.45, 2.75) is 26.1 Å². The zero-order valence-corrected chi connectivity index (χ0v) is 18.1. The molecule has 0 bridgehead atoms. The quantitative estimate of drug-likeness (QED) is 0.535. The van der Waals surface area contributed by atoms with Gasteiger partial charge in [-0.15, -0.1) is 0 Å². The summed E-state index contributed by atoms with van der Waals surface area (Å²) in [6.45, 7) is 1.44. The molecule has 2 aromatic rings. The predicted octanol–water partition coefficient (Wildman–Crippen LogP) is 4.87. The summed E-state index contributed by atoms with van der Waals surface area (Å²) in [6, 6.07) is 13.3. The Kier molecular flexibility index (Phi) is 9.07. The molecule has 32 heavy (non-hydrogen) atoms. The van der Waals surface area contributed by atoms with E-state index in [4.69, 9.17) is 5.11 Å². The number of carboxylic acids is 1. The highest BCUT2D eigenvalue weighted by Gasteiger charge is 2.30. The number of aliphatic carboxylic acids is 1. The first-order valence-corrected chi connectivity index (χ1v) is 10.6. The largest absolute Gasteiger partial charge is 0.481 e. The molecule has 1 amide bonds. The summed E-state index contributed by atoms with van der Waals surface area (Å²) in [5.41, 5.74) is 0.529. The smallest absolute Gasteiger partial charge is 0.416 e. The van der Waals surface area contributed by atoms with Crippen LogP contribution in [0.5, 0.6) is 0 Å². The minimum absolute atomic E-state index is 0.00749. The van der Waals surface area contributed by atoms with E-state index in [0.717, 1.165) is 29.5 Å². The number of alkyl halides is 3. The molecule has 2 aromatic carbocycles. The Labute approximate surface area is 187 Å². The van der Waals surface area contributed by atoms with E-state index >= 15 is 0 Å². The van der Waals surface area contributed by atoms with E-state index < -0.39 is 23.6 Å². The summed E-state index contributed by atoms with van der Waals surface area (Å²) < 4.78 is 38.5. The van der Waals surface area contributed by atoms with Crippen molar-refractivity contribution >= 4 is 34.8 Å². The lowest BCUT2D eigenvalue weighted by atomic mass is 10.1. The average Bonchev–Trinajstić information content (AvgIpc) is 2.73. The van der Waals surface area contributed by atoms with E-state index in [-0.39, 0.29) is 36.0 Å². The fraction of sp³-hybridized carbons (Fsp3) is 0.261. The molecule has 9 heteroatoms. The first kappa shape index (κ1) is 25.2. The second-order valence-corrected chi connectivity index (χ2v) is 8.08. The number of halogens is 3. The summed E-state index contributed by atoms with van der Waals surface area (Å²) in [7, 11) is 0. The number of hydrogen-bond acceptors (Lipinski definition) is 4. The van der Waals surface area contributed by atoms with Crippen LogP contribution in [0.4, 0.5) is 13.2 Å². The topological polar surface area (TPSA) is 74.7 Å². The van der Waals surface area contributed by atoms with E-state index in [9.17, 15) is 27.6 Å². The van der Waals surface area contributed by atoms with Crippen molar-refractivity contribution in [3.63, 3.8) is 0 Å². The molecule has 0 aromatic heterocycles. The van der Waals surface area contributed by atoms with Crippen molar-refractivity contribution in [1.82, 2.24) is 4.90 Å². The van der Waals surface area contributed by atoms with Gasteiger partial charge in [0.2, 0.25) is 0 Å². The average molecular weight is 465 g/mol. The van der Waals surface area contributed by atoms with Gasteiger partial charge in [0, 0.05) is 31.3 Å². The number of nitrogens with zero attached hydrogens (tertiary/aromatic N) is 1. The van der Waals surface area contributed by atoms with Gasteiger partial charge in [0.15, 0.2) is 5.12 Å². The Morgan fingerprint density at radius 1 is 1.03 bits per heavy atom. The molecular weight excluding hydrogens is 443 g/mol. The molecule has 1 N–H and O–H groups in total. The first-order chi connectivity index (χ1) is 15.1. The van der Waals surface area contributed by atoms with Gasteiger partial charge in [-0.05, 0) is 29.3 Å². The van der Waals surface area contributed by atoms with E-state index in [0.29, 0.717) is 5.56 Å². The van der Waals surface area contributed by atoms with Crippen LogP contribution in [-0.4, -0.2) is 39.3 Å². The van der Waals surface area contributed by atoms with Crippen LogP contribution in [0.15, 0.2) is 60.2 Å². The molecule has 2 rings (SSSR count). The highest BCUT2D eigenvalue weighted by atomic mass is 32.2. The van der Waals surface area contributed by atoms with Crippen LogP contribution in [0.25, 0.3) is 6.08 Å². The number of carbonyl (C=O) groups excluding carboxylic acids is 2. The molecule has 0 aliphatic heterocycles. The molecule has 0 atom stereocenters. The Morgan fingerprint density at radius 2 is 1.66 bits per heavy atom. The maximum Gasteiger partial charge on any atom is 0.416 e. The molecule has 0 saturated heterocycles. The van der Waals surface area contributed by atoms with Crippen molar-refractivity contribution in [2.75, 3.05) is 12.3 Å². The zero-order chi connectivity index (χ0) is 23.7. The Bertz CT molecular complexity index is 973. The van der Waals surface area contributed by atoms with Gasteiger partial charge >= 0.3 is 12.1 Å². The molecule has 0 fully saturated rings. The summed E-state index contributed by atoms with van der Waals surface area (Å²) >= 11 is 0.891. The number of carbonyl (C=O) groups is 3. The zero-order valence-electron chi connectivity index (χ0n) is 17.3. The minimum Gasteiger partial charge on any atom is -0.481 e. The summed E-state index contributed by atoms with van der Waals surface area (Å²) in [4.78, 5) is 37.2. The number of hydrogen-bond donors (Lipinski definition) is 1. The van der Waals surface area contributed by atoms with Crippen molar-refractivity contribution in [1.29, 1.82) is 0 Å². The molecule has 170 valence electrons. The molecule has 0 spiro atoms. The standard InChI is InChI=1S/C23H22F3NO4S/c1-16(28)32-15-19(13-17-7-9-20(10-8-17)23(24,25)26)22(31)27(12-11-21(29)30)14-18-5-3-2-4-6-18/h2-10,13H,11-12,14-15H2,1H3,(H,29,30)/b19-13-. The predicted molar refractivity (Wildman–Crippen MR) is 117 cm³/mol. The SMILES string of the molecule is CC(=O)SC/C(=C/c1ccc(C(F)(F)F)cc1)C(=O)N(CCC(=O)O)Cc1ccccc1. The van der Waals surface area contributed by atoms with Crippen molar-refractivity contribution in [3.8, 4) is 0 Å². The maximum atomic E-state index is 13.3. The van der Waals surface area contributed by atoms with Crippen LogP contribution in [-0.2, 0) is 27.1 Å². The number of benzene rings is 2. The fourth-order valence-corrected chi connectivity index (χ4v) is 3.37. The second-order valence-electron chi connectivity index (χ2n) is 6.93. The molecule has 0 unspecified atom stereocenters. The molecule has 0 aliphatic carbocycles. The van der Waals surface area contributed by atoms with Gasteiger partial charge < -0.3 is 10.0 Å². The fourth-order valence-electron chi connectivity index (χ4n) is 2.80. The summed E-state index contributed by atoms with van der Waals surface area (Å²) in [6.07, 6.45) is -3.32. The highest BCUT2D eigenvalue weighted by molar-refractivity contribution is 8.13. The second kappa shape index (κ2) is 11.5. The number of carboxylic acid groups (broad SMARTS) is 1. The summed E-state index contributed by atoms with van der Waals surface area (Å²) in [5, 5.41) is 8.83. The lowest BCUT2D eigenvalue weighted by Crippen LogP contribution is -2.34. The van der Waals surface area contributed by atoms with Gasteiger partial charge in [-0.25, -0.2) is 0 Å². The van der Waals surface area contributed by atoms with Crippen LogP contribution in [0.3, 0.4) is 0 Å². The highest BCUT2D eigenvalue weighted by Crippen LogP contribution is 2.29. The lowest BCUT2D eigenvalue weighted by molar-refractivity contribution is -0.139. The molecule has 5 nitrogen and oxygen atoms in total. The maximum absolute atomic E-state index is 13.3. The van der Waals surface area contributed by atoms with E-state index in [1.54, 1.807) is 24.3 Å². The third kappa shape index (κ3) is 8.22. The van der Waals surface area contributed by atoms with Gasteiger partial charge in [-0.1, -0.05) is 54.2 Å². The molecule has 0 radical (unpaired) electrons. The Balaban J connectivity index is 2.35. The molecule has 0 heterocycles. The number of thioether (sulfide) groups is 1. The van der Waals surface area contributed by atoms with Crippen molar-refractivity contribution < 1.29 is 32.7 Å². The van der Waals surface area contributed by atoms with Gasteiger partial charge in [0.25, 0.3) is 5.91 Å². The van der Waals surface area contributed by atoms with Gasteiger partial charge in [0.1, 0.15) is 0 Å². The Morgan fingerprint density at radius 3 is 2.19 bits per heavy atom. The van der Waals surface area contributed by atoms with Crippen LogP contribution >= 0.6 is 11.8 Å². The van der Waals surface area contributed by atoms with Crippen molar-refractivity contribution in [3.05, 3.63) is 76.9 Å². The minimum atomic E-state index is -4.48. The van der Waals surface area contributed by atoms with Gasteiger partial charge in [-0.3, -0.25) is 14.4 Å². The first-order valence-electron chi connectivity index (χ1n) is 9.62. The van der Waals surface area contributed by atoms with Crippen LogP contribution in [0.2, 0.25) is 0 Å². The van der Waals surface area contributed by atoms with E-state index in [1.807, 2.05) is 6.07 Å². The lowest BCUT2D eigenvalue weighted by Gasteiger charge is -2.23. The summed E-state index contributed by atoms with van der Waals surface area (Å²) in [5.74, 6) is -1.54.